The Kier molecular flexibility index (Phi) is 3.01. The van der Waals surface area contributed by atoms with Gasteiger partial charge in [0.25, 0.3) is 0 Å². The van der Waals surface area contributed by atoms with E-state index in [1.54, 1.807) is 6.07 Å². The lowest BCUT2D eigenvalue weighted by atomic mass is 10.1. The smallest absolute Gasteiger partial charge is 0.249 e. The third-order valence-corrected chi connectivity index (χ3v) is 4.31. The quantitative estimate of drug-likeness (QED) is 0.589. The summed E-state index contributed by atoms with van der Waals surface area (Å²) in [6.07, 6.45) is 5.45. The van der Waals surface area contributed by atoms with Crippen LogP contribution in [0, 0.1) is 12.3 Å². The highest BCUT2D eigenvalue weighted by atomic mass is 28.3. The fraction of sp³-hybridized carbons (Fsp3) is 0.250. The lowest BCUT2D eigenvalue weighted by Crippen LogP contribution is -2.40. The van der Waals surface area contributed by atoms with Gasteiger partial charge in [0, 0.05) is 5.56 Å². The van der Waals surface area contributed by atoms with Crippen molar-refractivity contribution < 1.29 is 4.79 Å². The molecule has 1 aromatic carbocycles. The predicted molar refractivity (Wildman–Crippen MR) is 65.9 cm³/mol. The second-order valence-electron chi connectivity index (χ2n) is 4.49. The molecule has 3 heteroatoms. The van der Waals surface area contributed by atoms with E-state index in [4.69, 9.17) is 12.2 Å². The van der Waals surface area contributed by atoms with Crippen LogP contribution >= 0.6 is 0 Å². The number of carbonyl (C=O) groups is 1. The molecule has 2 N–H and O–H groups in total. The number of benzene rings is 1. The lowest BCUT2D eigenvalue weighted by Gasteiger charge is -2.19. The van der Waals surface area contributed by atoms with Gasteiger partial charge in [-0.2, -0.15) is 0 Å². The van der Waals surface area contributed by atoms with Crippen molar-refractivity contribution in [3.63, 3.8) is 0 Å². The molecule has 1 aromatic rings. The van der Waals surface area contributed by atoms with Crippen LogP contribution in [-0.4, -0.2) is 14.0 Å². The molecular weight excluding hydrogens is 202 g/mol. The molecule has 0 aliphatic carbocycles. The summed E-state index contributed by atoms with van der Waals surface area (Å²) < 4.78 is 0. The molecule has 1 rings (SSSR count). The van der Waals surface area contributed by atoms with Gasteiger partial charge in [-0.15, -0.1) is 6.42 Å². The molecule has 0 atom stereocenters. The van der Waals surface area contributed by atoms with Crippen molar-refractivity contribution in [1.29, 1.82) is 0 Å². The Hall–Kier alpha value is -1.53. The Labute approximate surface area is 91.5 Å². The first-order valence-electron chi connectivity index (χ1n) is 4.78. The van der Waals surface area contributed by atoms with Crippen LogP contribution in [0.25, 0.3) is 0 Å². The van der Waals surface area contributed by atoms with Crippen LogP contribution in [0.4, 0.5) is 0 Å². The maximum atomic E-state index is 11.2. The van der Waals surface area contributed by atoms with E-state index in [-0.39, 0.29) is 0 Å². The maximum Gasteiger partial charge on any atom is 0.249 e. The van der Waals surface area contributed by atoms with Gasteiger partial charge in [-0.05, 0) is 11.3 Å². The Balaban J connectivity index is 3.51. The van der Waals surface area contributed by atoms with E-state index < -0.39 is 14.0 Å². The topological polar surface area (TPSA) is 43.1 Å². The largest absolute Gasteiger partial charge is 0.366 e. The number of amides is 1. The molecule has 1 amide bonds. The van der Waals surface area contributed by atoms with Gasteiger partial charge in [0.15, 0.2) is 0 Å². The van der Waals surface area contributed by atoms with Crippen molar-refractivity contribution in [1.82, 2.24) is 0 Å². The average molecular weight is 217 g/mol. The number of carbonyl (C=O) groups excluding carboxylic acids is 1. The standard InChI is InChI=1S/C12H15NOSi/c1-5-9-10(12(13)14)7-6-8-11(9)15(2,3)4/h1,6-8H,2-4H3,(H2,13,14). The monoisotopic (exact) mass is 217 g/mol. The fourth-order valence-electron chi connectivity index (χ4n) is 1.54. The van der Waals surface area contributed by atoms with Gasteiger partial charge in [0.2, 0.25) is 5.91 Å². The second kappa shape index (κ2) is 3.91. The van der Waals surface area contributed by atoms with Gasteiger partial charge in [0.1, 0.15) is 0 Å². The Morgan fingerprint density at radius 3 is 2.40 bits per heavy atom. The zero-order chi connectivity index (χ0) is 11.6. The summed E-state index contributed by atoms with van der Waals surface area (Å²) in [5.41, 5.74) is 6.41. The van der Waals surface area contributed by atoms with E-state index in [0.29, 0.717) is 11.1 Å². The molecule has 0 bridgehead atoms. The molecular formula is C12H15NOSi. The van der Waals surface area contributed by atoms with Crippen molar-refractivity contribution in [2.45, 2.75) is 19.6 Å². The Bertz CT molecular complexity index is 438. The first-order valence-corrected chi connectivity index (χ1v) is 8.28. The summed E-state index contributed by atoms with van der Waals surface area (Å²) in [5.74, 6) is 2.13. The van der Waals surface area contributed by atoms with Crippen LogP contribution in [0.3, 0.4) is 0 Å². The van der Waals surface area contributed by atoms with Crippen LogP contribution in [0.5, 0.6) is 0 Å². The molecule has 0 unspecified atom stereocenters. The molecule has 15 heavy (non-hydrogen) atoms. The molecule has 2 nitrogen and oxygen atoms in total. The summed E-state index contributed by atoms with van der Waals surface area (Å²) in [6.45, 7) is 6.57. The summed E-state index contributed by atoms with van der Waals surface area (Å²) in [4.78, 5) is 11.2. The molecule has 0 aliphatic rings. The summed E-state index contributed by atoms with van der Waals surface area (Å²) in [6, 6.07) is 5.52. The highest BCUT2D eigenvalue weighted by molar-refractivity contribution is 6.89. The van der Waals surface area contributed by atoms with Gasteiger partial charge < -0.3 is 5.73 Å². The number of nitrogens with two attached hydrogens (primary N) is 1. The molecule has 0 aliphatic heterocycles. The van der Waals surface area contributed by atoms with E-state index in [1.807, 2.05) is 12.1 Å². The predicted octanol–water partition coefficient (Wildman–Crippen LogP) is 1.31. The third kappa shape index (κ3) is 2.28. The molecule has 78 valence electrons. The number of terminal acetylenes is 1. The van der Waals surface area contributed by atoms with E-state index in [1.165, 1.54) is 0 Å². The minimum absolute atomic E-state index is 0.456. The zero-order valence-corrected chi connectivity index (χ0v) is 10.3. The average Bonchev–Trinajstić information content (AvgIpc) is 2.15. The first-order chi connectivity index (χ1) is 6.88. The van der Waals surface area contributed by atoms with Crippen LogP contribution in [-0.2, 0) is 0 Å². The fourth-order valence-corrected chi connectivity index (χ4v) is 3.09. The van der Waals surface area contributed by atoms with Crippen molar-refractivity contribution in [2.24, 2.45) is 5.73 Å². The van der Waals surface area contributed by atoms with Gasteiger partial charge in [-0.1, -0.05) is 37.7 Å². The van der Waals surface area contributed by atoms with Crippen LogP contribution < -0.4 is 10.9 Å². The lowest BCUT2D eigenvalue weighted by molar-refractivity contribution is 0.1000. The molecule has 0 radical (unpaired) electrons. The number of primary amides is 1. The van der Waals surface area contributed by atoms with Gasteiger partial charge in [-0.25, -0.2) is 0 Å². The maximum absolute atomic E-state index is 11.2. The van der Waals surface area contributed by atoms with E-state index in [2.05, 4.69) is 25.6 Å². The molecule has 0 saturated heterocycles. The Morgan fingerprint density at radius 1 is 1.40 bits per heavy atom. The van der Waals surface area contributed by atoms with Crippen LogP contribution in [0.1, 0.15) is 15.9 Å². The van der Waals surface area contributed by atoms with Gasteiger partial charge >= 0.3 is 0 Å². The summed E-state index contributed by atoms with van der Waals surface area (Å²) in [5, 5.41) is 1.11. The second-order valence-corrected chi connectivity index (χ2v) is 9.53. The zero-order valence-electron chi connectivity index (χ0n) is 9.29. The van der Waals surface area contributed by atoms with Gasteiger partial charge in [-0.3, -0.25) is 4.79 Å². The minimum Gasteiger partial charge on any atom is -0.366 e. The Morgan fingerprint density at radius 2 is 2.00 bits per heavy atom. The summed E-state index contributed by atoms with van der Waals surface area (Å²) >= 11 is 0. The molecule has 0 spiro atoms. The third-order valence-electron chi connectivity index (χ3n) is 2.28. The SMILES string of the molecule is C#Cc1c(C(N)=O)cccc1[Si](C)(C)C. The molecule has 0 heterocycles. The number of rotatable bonds is 2. The highest BCUT2D eigenvalue weighted by Crippen LogP contribution is 2.11. The minimum atomic E-state index is -1.53. The van der Waals surface area contributed by atoms with E-state index in [9.17, 15) is 4.79 Å². The van der Waals surface area contributed by atoms with Gasteiger partial charge in [0.05, 0.1) is 13.6 Å². The molecule has 0 fully saturated rings. The number of hydrogen-bond donors (Lipinski definition) is 1. The van der Waals surface area contributed by atoms with Crippen LogP contribution in [0.15, 0.2) is 18.2 Å². The molecule has 0 aromatic heterocycles. The van der Waals surface area contributed by atoms with Crippen molar-refractivity contribution in [3.05, 3.63) is 29.3 Å². The van der Waals surface area contributed by atoms with Crippen LogP contribution in [0.2, 0.25) is 19.6 Å². The van der Waals surface area contributed by atoms with Crippen molar-refractivity contribution in [3.8, 4) is 12.3 Å². The van der Waals surface area contributed by atoms with E-state index in [0.717, 1.165) is 5.19 Å². The van der Waals surface area contributed by atoms with E-state index >= 15 is 0 Å². The normalized spacial score (nSPS) is 10.8. The first kappa shape index (κ1) is 11.5. The van der Waals surface area contributed by atoms with Crippen molar-refractivity contribution in [2.75, 3.05) is 0 Å². The molecule has 0 saturated carbocycles. The highest BCUT2D eigenvalue weighted by Gasteiger charge is 2.22. The number of hydrogen-bond acceptors (Lipinski definition) is 1. The summed E-state index contributed by atoms with van der Waals surface area (Å²) in [7, 11) is -1.53. The van der Waals surface area contributed by atoms with Crippen molar-refractivity contribution >= 4 is 19.2 Å².